The maximum atomic E-state index is 3.59. The molecule has 0 aliphatic heterocycles. The lowest BCUT2D eigenvalue weighted by Crippen LogP contribution is -2.09. The van der Waals surface area contributed by atoms with E-state index in [0.717, 1.165) is 10.2 Å². The SMILES string of the molecule is Cc1c(Br)cc2ccccc2c1[SiH3]. The Morgan fingerprint density at radius 1 is 1.23 bits per heavy atom. The maximum Gasteiger partial charge on any atom is 0.0397 e. The van der Waals surface area contributed by atoms with Crippen LogP contribution in [0.3, 0.4) is 0 Å². The number of halogens is 1. The second-order valence-electron chi connectivity index (χ2n) is 3.33. The van der Waals surface area contributed by atoms with Gasteiger partial charge in [0.2, 0.25) is 0 Å². The van der Waals surface area contributed by atoms with Crippen LogP contribution in [-0.4, -0.2) is 10.2 Å². The fourth-order valence-corrected chi connectivity index (χ4v) is 3.22. The number of hydrogen-bond donors (Lipinski definition) is 0. The molecule has 0 N–H and O–H groups in total. The van der Waals surface area contributed by atoms with Crippen molar-refractivity contribution in [2.75, 3.05) is 0 Å². The summed E-state index contributed by atoms with van der Waals surface area (Å²) in [5, 5.41) is 4.25. The Bertz CT molecular complexity index is 463. The van der Waals surface area contributed by atoms with Crippen molar-refractivity contribution < 1.29 is 0 Å². The molecule has 0 aliphatic rings. The molecule has 0 bridgehead atoms. The van der Waals surface area contributed by atoms with Crippen LogP contribution in [0.15, 0.2) is 34.8 Å². The Morgan fingerprint density at radius 2 is 1.92 bits per heavy atom. The smallest absolute Gasteiger partial charge is 0.0397 e. The van der Waals surface area contributed by atoms with Crippen molar-refractivity contribution in [3.05, 3.63) is 40.4 Å². The third kappa shape index (κ3) is 1.44. The normalized spacial score (nSPS) is 10.9. The van der Waals surface area contributed by atoms with E-state index in [1.54, 1.807) is 0 Å². The van der Waals surface area contributed by atoms with E-state index in [1.165, 1.54) is 26.0 Å². The molecule has 0 aromatic heterocycles. The summed E-state index contributed by atoms with van der Waals surface area (Å²) in [6, 6.07) is 10.8. The monoisotopic (exact) mass is 250 g/mol. The summed E-state index contributed by atoms with van der Waals surface area (Å²) in [5.41, 5.74) is 1.39. The molecule has 0 fully saturated rings. The van der Waals surface area contributed by atoms with Crippen LogP contribution in [0.1, 0.15) is 5.56 Å². The molecule has 0 atom stereocenters. The van der Waals surface area contributed by atoms with Crippen molar-refractivity contribution in [3.63, 3.8) is 0 Å². The molecule has 0 saturated heterocycles. The molecule has 0 unspecified atom stereocenters. The van der Waals surface area contributed by atoms with E-state index in [9.17, 15) is 0 Å². The molecule has 66 valence electrons. The van der Waals surface area contributed by atoms with E-state index < -0.39 is 0 Å². The molecule has 0 radical (unpaired) electrons. The van der Waals surface area contributed by atoms with Gasteiger partial charge in [0.15, 0.2) is 0 Å². The van der Waals surface area contributed by atoms with Crippen LogP contribution in [0.5, 0.6) is 0 Å². The van der Waals surface area contributed by atoms with Crippen LogP contribution < -0.4 is 5.19 Å². The highest BCUT2D eigenvalue weighted by molar-refractivity contribution is 9.10. The van der Waals surface area contributed by atoms with E-state index in [1.807, 2.05) is 0 Å². The van der Waals surface area contributed by atoms with Crippen LogP contribution in [0.4, 0.5) is 0 Å². The van der Waals surface area contributed by atoms with E-state index in [4.69, 9.17) is 0 Å². The van der Waals surface area contributed by atoms with Crippen molar-refractivity contribution in [1.82, 2.24) is 0 Å². The molecule has 2 aromatic carbocycles. The van der Waals surface area contributed by atoms with Gasteiger partial charge in [0.05, 0.1) is 0 Å². The maximum absolute atomic E-state index is 3.59. The average Bonchev–Trinajstić information content (AvgIpc) is 2.15. The Kier molecular flexibility index (Phi) is 2.26. The zero-order chi connectivity index (χ0) is 9.42. The van der Waals surface area contributed by atoms with E-state index in [0.29, 0.717) is 0 Å². The minimum absolute atomic E-state index is 1.11. The summed E-state index contributed by atoms with van der Waals surface area (Å²) in [6.45, 7) is 2.18. The third-order valence-electron chi connectivity index (χ3n) is 2.57. The van der Waals surface area contributed by atoms with Crippen LogP contribution in [0.25, 0.3) is 10.8 Å². The predicted molar refractivity (Wildman–Crippen MR) is 66.0 cm³/mol. The Labute approximate surface area is 89.5 Å². The van der Waals surface area contributed by atoms with Crippen LogP contribution in [0.2, 0.25) is 0 Å². The number of fused-ring (bicyclic) bond motifs is 1. The van der Waals surface area contributed by atoms with Crippen molar-refractivity contribution >= 4 is 42.1 Å². The van der Waals surface area contributed by atoms with Gasteiger partial charge in [-0.05, 0) is 29.3 Å². The first-order valence-corrected chi connectivity index (χ1v) is 6.14. The quantitative estimate of drug-likeness (QED) is 0.627. The van der Waals surface area contributed by atoms with Gasteiger partial charge in [-0.25, -0.2) is 0 Å². The second kappa shape index (κ2) is 3.27. The highest BCUT2D eigenvalue weighted by Crippen LogP contribution is 2.21. The van der Waals surface area contributed by atoms with Crippen molar-refractivity contribution in [3.8, 4) is 0 Å². The fourth-order valence-electron chi connectivity index (χ4n) is 1.59. The fraction of sp³-hybridized carbons (Fsp3) is 0.0909. The summed E-state index contributed by atoms with van der Waals surface area (Å²) in [5.74, 6) is 0. The van der Waals surface area contributed by atoms with Crippen molar-refractivity contribution in [2.24, 2.45) is 0 Å². The van der Waals surface area contributed by atoms with Crippen molar-refractivity contribution in [1.29, 1.82) is 0 Å². The van der Waals surface area contributed by atoms with Gasteiger partial charge < -0.3 is 0 Å². The summed E-state index contributed by atoms with van der Waals surface area (Å²) >= 11 is 3.59. The highest BCUT2D eigenvalue weighted by atomic mass is 79.9. The van der Waals surface area contributed by atoms with Gasteiger partial charge in [-0.1, -0.05) is 45.4 Å². The average molecular weight is 251 g/mol. The molecule has 0 aliphatic carbocycles. The number of rotatable bonds is 0. The second-order valence-corrected chi connectivity index (χ2v) is 5.18. The predicted octanol–water partition coefficient (Wildman–Crippen LogP) is 1.90. The van der Waals surface area contributed by atoms with Crippen LogP contribution in [0, 0.1) is 6.92 Å². The van der Waals surface area contributed by atoms with Crippen LogP contribution in [-0.2, 0) is 0 Å². The largest absolute Gasteiger partial charge is 0.0616 e. The number of hydrogen-bond acceptors (Lipinski definition) is 0. The first-order chi connectivity index (χ1) is 6.20. The minimum atomic E-state index is 1.11. The van der Waals surface area contributed by atoms with Gasteiger partial charge in [0.1, 0.15) is 0 Å². The van der Waals surface area contributed by atoms with Crippen LogP contribution >= 0.6 is 15.9 Å². The van der Waals surface area contributed by atoms with Gasteiger partial charge in [0.25, 0.3) is 0 Å². The van der Waals surface area contributed by atoms with E-state index in [2.05, 4.69) is 53.2 Å². The summed E-state index contributed by atoms with van der Waals surface area (Å²) in [7, 11) is 1.11. The minimum Gasteiger partial charge on any atom is -0.0616 e. The van der Waals surface area contributed by atoms with Gasteiger partial charge in [-0.2, -0.15) is 0 Å². The zero-order valence-corrected chi connectivity index (χ0v) is 11.4. The molecule has 2 rings (SSSR count). The lowest BCUT2D eigenvalue weighted by atomic mass is 10.1. The molecule has 2 aromatic rings. The summed E-state index contributed by atoms with van der Waals surface area (Å²) in [6.07, 6.45) is 0. The lowest BCUT2D eigenvalue weighted by molar-refractivity contribution is 1.50. The first kappa shape index (κ1) is 8.97. The molecule has 0 heterocycles. The Morgan fingerprint density at radius 3 is 2.69 bits per heavy atom. The van der Waals surface area contributed by atoms with Gasteiger partial charge >= 0.3 is 0 Å². The summed E-state index contributed by atoms with van der Waals surface area (Å²) in [4.78, 5) is 0. The van der Waals surface area contributed by atoms with Gasteiger partial charge in [-0.3, -0.25) is 0 Å². The molecular formula is C11H11BrSi. The number of benzene rings is 2. The molecule has 0 spiro atoms. The molecule has 0 amide bonds. The Hall–Kier alpha value is -0.603. The molecular weight excluding hydrogens is 240 g/mol. The van der Waals surface area contributed by atoms with Gasteiger partial charge in [0, 0.05) is 14.7 Å². The van der Waals surface area contributed by atoms with E-state index >= 15 is 0 Å². The Balaban J connectivity index is 2.94. The molecule has 2 heteroatoms. The third-order valence-corrected chi connectivity index (χ3v) is 4.68. The lowest BCUT2D eigenvalue weighted by Gasteiger charge is -2.07. The molecule has 13 heavy (non-hydrogen) atoms. The molecule has 0 saturated carbocycles. The summed E-state index contributed by atoms with van der Waals surface area (Å²) < 4.78 is 1.23. The van der Waals surface area contributed by atoms with E-state index in [-0.39, 0.29) is 0 Å². The highest BCUT2D eigenvalue weighted by Gasteiger charge is 2.02. The van der Waals surface area contributed by atoms with Crippen molar-refractivity contribution in [2.45, 2.75) is 6.92 Å². The zero-order valence-electron chi connectivity index (χ0n) is 7.76. The van der Waals surface area contributed by atoms with Gasteiger partial charge in [-0.15, -0.1) is 0 Å². The topological polar surface area (TPSA) is 0 Å². The standard InChI is InChI=1S/C11H11BrSi/c1-7-10(12)6-8-4-2-3-5-9(8)11(7)13/h2-6H,1,13H3. The first-order valence-electron chi connectivity index (χ1n) is 4.34. The molecule has 0 nitrogen and oxygen atoms in total.